The summed E-state index contributed by atoms with van der Waals surface area (Å²) in [4.78, 5) is 6.68. The van der Waals surface area contributed by atoms with Gasteiger partial charge >= 0.3 is 0 Å². The van der Waals surface area contributed by atoms with Crippen LogP contribution >= 0.6 is 0 Å². The Labute approximate surface area is 103 Å². The number of nitrogens with zero attached hydrogens (tertiary/aromatic N) is 2. The molecule has 0 atom stereocenters. The monoisotopic (exact) mass is 235 g/mol. The second-order valence-corrected chi connectivity index (χ2v) is 4.54. The molecular weight excluding hydrogens is 214 g/mol. The van der Waals surface area contributed by atoms with Gasteiger partial charge in [0.25, 0.3) is 0 Å². The van der Waals surface area contributed by atoms with Crippen LogP contribution in [0.5, 0.6) is 0 Å². The highest BCUT2D eigenvalue weighted by Gasteiger charge is 2.24. The smallest absolute Gasteiger partial charge is 0.130 e. The van der Waals surface area contributed by atoms with Crippen molar-refractivity contribution < 1.29 is 5.11 Å². The lowest BCUT2D eigenvalue weighted by atomic mass is 9.91. The number of anilines is 1. The largest absolute Gasteiger partial charge is 0.395 e. The summed E-state index contributed by atoms with van der Waals surface area (Å²) in [7, 11) is 1.89. The van der Waals surface area contributed by atoms with Crippen LogP contribution in [-0.4, -0.2) is 41.2 Å². The third kappa shape index (κ3) is 2.96. The van der Waals surface area contributed by atoms with Gasteiger partial charge in [-0.15, -0.1) is 0 Å². The number of rotatable bonds is 6. The van der Waals surface area contributed by atoms with Gasteiger partial charge in [-0.3, -0.25) is 4.90 Å². The maximum atomic E-state index is 9.14. The Kier molecular flexibility index (Phi) is 4.34. The Hall–Kier alpha value is -1.13. The molecule has 2 N–H and O–H groups in total. The van der Waals surface area contributed by atoms with Crippen molar-refractivity contribution >= 4 is 5.82 Å². The highest BCUT2D eigenvalue weighted by molar-refractivity contribution is 5.42. The Morgan fingerprint density at radius 1 is 1.53 bits per heavy atom. The van der Waals surface area contributed by atoms with Gasteiger partial charge in [-0.25, -0.2) is 4.98 Å². The van der Waals surface area contributed by atoms with Crippen LogP contribution in [0.3, 0.4) is 0 Å². The molecule has 1 heterocycles. The predicted octanol–water partition coefficient (Wildman–Crippen LogP) is 1.47. The average Bonchev–Trinajstić information content (AvgIpc) is 2.28. The van der Waals surface area contributed by atoms with Crippen molar-refractivity contribution in [3.63, 3.8) is 0 Å². The van der Waals surface area contributed by atoms with Gasteiger partial charge in [-0.1, -0.05) is 12.5 Å². The summed E-state index contributed by atoms with van der Waals surface area (Å²) in [6, 6.07) is 4.71. The van der Waals surface area contributed by atoms with Gasteiger partial charge in [-0.05, 0) is 18.9 Å². The second-order valence-electron chi connectivity index (χ2n) is 4.54. The van der Waals surface area contributed by atoms with Gasteiger partial charge in [0.15, 0.2) is 0 Å². The number of aromatic nitrogens is 1. The highest BCUT2D eigenvalue weighted by Crippen LogP contribution is 2.26. The average molecular weight is 235 g/mol. The molecule has 1 aliphatic rings. The van der Waals surface area contributed by atoms with Crippen LogP contribution < -0.4 is 5.32 Å². The molecule has 0 spiro atoms. The second kappa shape index (κ2) is 5.98. The summed E-state index contributed by atoms with van der Waals surface area (Å²) >= 11 is 0. The molecule has 94 valence electrons. The van der Waals surface area contributed by atoms with Crippen LogP contribution in [0.25, 0.3) is 0 Å². The lowest BCUT2D eigenvalue weighted by molar-refractivity contribution is 0.0946. The number of hydrogen-bond donors (Lipinski definition) is 2. The van der Waals surface area contributed by atoms with Crippen LogP contribution in [0, 0.1) is 0 Å². The quantitative estimate of drug-likeness (QED) is 0.784. The first kappa shape index (κ1) is 12.3. The van der Waals surface area contributed by atoms with E-state index in [0.717, 1.165) is 18.9 Å². The van der Waals surface area contributed by atoms with Crippen molar-refractivity contribution in [2.75, 3.05) is 25.5 Å². The molecule has 0 radical (unpaired) electrons. The van der Waals surface area contributed by atoms with Crippen molar-refractivity contribution in [3.05, 3.63) is 23.9 Å². The molecule has 0 unspecified atom stereocenters. The molecule has 1 fully saturated rings. The maximum Gasteiger partial charge on any atom is 0.130 e. The number of aliphatic hydroxyl groups is 1. The first-order valence-corrected chi connectivity index (χ1v) is 6.31. The van der Waals surface area contributed by atoms with E-state index in [9.17, 15) is 0 Å². The van der Waals surface area contributed by atoms with Gasteiger partial charge in [-0.2, -0.15) is 0 Å². The lowest BCUT2D eigenvalue weighted by Gasteiger charge is -2.37. The van der Waals surface area contributed by atoms with Gasteiger partial charge in [0.1, 0.15) is 5.82 Å². The standard InChI is InChI=1S/C13H21N3O/c1-14-13-11(4-3-7-15-13)10-16(8-9-17)12-5-2-6-12/h3-4,7,12,17H,2,5-6,8-10H2,1H3,(H,14,15). The fraction of sp³-hybridized carbons (Fsp3) is 0.615. The number of nitrogens with one attached hydrogen (secondary N) is 1. The lowest BCUT2D eigenvalue weighted by Crippen LogP contribution is -2.41. The van der Waals surface area contributed by atoms with Gasteiger partial charge in [0, 0.05) is 37.9 Å². The Morgan fingerprint density at radius 3 is 2.94 bits per heavy atom. The highest BCUT2D eigenvalue weighted by atomic mass is 16.3. The first-order valence-electron chi connectivity index (χ1n) is 6.31. The van der Waals surface area contributed by atoms with Crippen molar-refractivity contribution in [1.29, 1.82) is 0 Å². The number of hydrogen-bond acceptors (Lipinski definition) is 4. The molecule has 1 aliphatic carbocycles. The molecule has 1 aromatic heterocycles. The topological polar surface area (TPSA) is 48.4 Å². The SMILES string of the molecule is CNc1ncccc1CN(CCO)C1CCC1. The molecule has 1 aromatic rings. The minimum absolute atomic E-state index is 0.228. The van der Waals surface area contributed by atoms with Gasteiger partial charge in [0.2, 0.25) is 0 Å². The van der Waals surface area contributed by atoms with E-state index in [1.54, 1.807) is 6.20 Å². The van der Waals surface area contributed by atoms with Crippen LogP contribution in [0.2, 0.25) is 0 Å². The molecule has 0 saturated heterocycles. The van der Waals surface area contributed by atoms with Crippen LogP contribution in [0.1, 0.15) is 24.8 Å². The van der Waals surface area contributed by atoms with Crippen molar-refractivity contribution in [3.8, 4) is 0 Å². The first-order chi connectivity index (χ1) is 8.35. The minimum Gasteiger partial charge on any atom is -0.395 e. The van der Waals surface area contributed by atoms with Crippen molar-refractivity contribution in [2.45, 2.75) is 31.8 Å². The minimum atomic E-state index is 0.228. The fourth-order valence-corrected chi connectivity index (χ4v) is 2.28. The van der Waals surface area contributed by atoms with Gasteiger partial charge < -0.3 is 10.4 Å². The van der Waals surface area contributed by atoms with E-state index in [-0.39, 0.29) is 6.61 Å². The van der Waals surface area contributed by atoms with E-state index in [0.29, 0.717) is 6.04 Å². The summed E-state index contributed by atoms with van der Waals surface area (Å²) in [5.41, 5.74) is 1.20. The molecule has 0 aromatic carbocycles. The number of aliphatic hydroxyl groups excluding tert-OH is 1. The van der Waals surface area contributed by atoms with Crippen LogP contribution in [0.15, 0.2) is 18.3 Å². The summed E-state index contributed by atoms with van der Waals surface area (Å²) in [6.07, 6.45) is 5.64. The number of pyridine rings is 1. The molecule has 0 aliphatic heterocycles. The molecule has 4 nitrogen and oxygen atoms in total. The third-order valence-electron chi connectivity index (χ3n) is 3.48. The van der Waals surface area contributed by atoms with E-state index in [2.05, 4.69) is 21.3 Å². The zero-order valence-corrected chi connectivity index (χ0v) is 10.4. The van der Waals surface area contributed by atoms with Gasteiger partial charge in [0.05, 0.1) is 6.61 Å². The zero-order valence-electron chi connectivity index (χ0n) is 10.4. The molecular formula is C13H21N3O. The third-order valence-corrected chi connectivity index (χ3v) is 3.48. The summed E-state index contributed by atoms with van der Waals surface area (Å²) in [6.45, 7) is 1.85. The molecule has 0 bridgehead atoms. The van der Waals surface area contributed by atoms with E-state index in [1.165, 1.54) is 24.8 Å². The van der Waals surface area contributed by atoms with Crippen molar-refractivity contribution in [2.24, 2.45) is 0 Å². The van der Waals surface area contributed by atoms with Crippen LogP contribution in [-0.2, 0) is 6.54 Å². The molecule has 17 heavy (non-hydrogen) atoms. The maximum absolute atomic E-state index is 9.14. The molecule has 4 heteroatoms. The summed E-state index contributed by atoms with van der Waals surface area (Å²) in [5, 5.41) is 12.3. The van der Waals surface area contributed by atoms with E-state index in [1.807, 2.05) is 13.1 Å². The Bertz CT molecular complexity index is 352. The van der Waals surface area contributed by atoms with Crippen LogP contribution in [0.4, 0.5) is 5.82 Å². The Morgan fingerprint density at radius 2 is 2.35 bits per heavy atom. The fourth-order valence-electron chi connectivity index (χ4n) is 2.28. The van der Waals surface area contributed by atoms with E-state index < -0.39 is 0 Å². The predicted molar refractivity (Wildman–Crippen MR) is 68.9 cm³/mol. The molecule has 1 saturated carbocycles. The van der Waals surface area contributed by atoms with Crippen molar-refractivity contribution in [1.82, 2.24) is 9.88 Å². The molecule has 0 amide bonds. The summed E-state index contributed by atoms with van der Waals surface area (Å²) < 4.78 is 0. The van der Waals surface area contributed by atoms with E-state index >= 15 is 0 Å². The summed E-state index contributed by atoms with van der Waals surface area (Å²) in [5.74, 6) is 0.940. The normalized spacial score (nSPS) is 15.9. The van der Waals surface area contributed by atoms with E-state index in [4.69, 9.17) is 5.11 Å². The molecule has 2 rings (SSSR count). The zero-order chi connectivity index (χ0) is 12.1. The Balaban J connectivity index is 2.05.